The van der Waals surface area contributed by atoms with E-state index in [2.05, 4.69) is 27.1 Å². The number of rotatable bonds is 3. The number of nitrogens with one attached hydrogen (secondary N) is 1. The summed E-state index contributed by atoms with van der Waals surface area (Å²) in [6.07, 6.45) is 4.11. The molecule has 16 heavy (non-hydrogen) atoms. The molecule has 4 nitrogen and oxygen atoms in total. The average molecular weight is 241 g/mol. The number of anilines is 2. The molecule has 2 rings (SSSR count). The summed E-state index contributed by atoms with van der Waals surface area (Å²) in [6.45, 7) is 4.32. The number of hydrogen-bond donors (Lipinski definition) is 1. The van der Waals surface area contributed by atoms with Gasteiger partial charge in [0.05, 0.1) is 6.20 Å². The Labute approximate surface area is 101 Å². The fraction of sp³-hybridized carbons (Fsp3) is 0.636. The van der Waals surface area contributed by atoms with Crippen LogP contribution in [0, 0.1) is 5.92 Å². The summed E-state index contributed by atoms with van der Waals surface area (Å²) in [4.78, 5) is 10.7. The Bertz CT molecular complexity index is 369. The third-order valence-electron chi connectivity index (χ3n) is 3.11. The molecule has 0 bridgehead atoms. The first-order valence-electron chi connectivity index (χ1n) is 5.69. The summed E-state index contributed by atoms with van der Waals surface area (Å²) in [5.41, 5.74) is 0. The topological polar surface area (TPSA) is 41.1 Å². The lowest BCUT2D eigenvalue weighted by Crippen LogP contribution is -2.21. The SMILES string of the molecule is CCC1CCN(c2nc(NC)ncc2Cl)C1. The van der Waals surface area contributed by atoms with Crippen LogP contribution in [0.2, 0.25) is 5.02 Å². The van der Waals surface area contributed by atoms with Gasteiger partial charge >= 0.3 is 0 Å². The smallest absolute Gasteiger partial charge is 0.224 e. The lowest BCUT2D eigenvalue weighted by Gasteiger charge is -2.18. The van der Waals surface area contributed by atoms with Gasteiger partial charge in [-0.05, 0) is 12.3 Å². The Morgan fingerprint density at radius 3 is 3.06 bits per heavy atom. The van der Waals surface area contributed by atoms with E-state index in [4.69, 9.17) is 11.6 Å². The van der Waals surface area contributed by atoms with E-state index < -0.39 is 0 Å². The van der Waals surface area contributed by atoms with Crippen molar-refractivity contribution in [2.45, 2.75) is 19.8 Å². The standard InChI is InChI=1S/C11H17ClN4/c1-3-8-4-5-16(7-8)10-9(12)6-14-11(13-2)15-10/h6,8H,3-5,7H2,1-2H3,(H,13,14,15). The second-order valence-corrected chi connectivity index (χ2v) is 4.53. The third-order valence-corrected chi connectivity index (χ3v) is 3.38. The predicted molar refractivity (Wildman–Crippen MR) is 67.2 cm³/mol. The highest BCUT2D eigenvalue weighted by Crippen LogP contribution is 2.29. The second-order valence-electron chi connectivity index (χ2n) is 4.12. The fourth-order valence-corrected chi connectivity index (χ4v) is 2.27. The van der Waals surface area contributed by atoms with Crippen molar-refractivity contribution >= 4 is 23.4 Å². The van der Waals surface area contributed by atoms with Crippen molar-refractivity contribution in [3.63, 3.8) is 0 Å². The first kappa shape index (κ1) is 11.5. The van der Waals surface area contributed by atoms with Gasteiger partial charge in [-0.15, -0.1) is 0 Å². The van der Waals surface area contributed by atoms with Crippen LogP contribution in [-0.2, 0) is 0 Å². The van der Waals surface area contributed by atoms with Gasteiger partial charge in [-0.1, -0.05) is 24.9 Å². The van der Waals surface area contributed by atoms with Gasteiger partial charge in [0.25, 0.3) is 0 Å². The van der Waals surface area contributed by atoms with Gasteiger partial charge in [-0.25, -0.2) is 4.98 Å². The molecule has 5 heteroatoms. The zero-order chi connectivity index (χ0) is 11.5. The van der Waals surface area contributed by atoms with E-state index in [1.54, 1.807) is 6.20 Å². The molecule has 1 aromatic rings. The van der Waals surface area contributed by atoms with E-state index in [0.717, 1.165) is 24.8 Å². The van der Waals surface area contributed by atoms with E-state index in [9.17, 15) is 0 Å². The minimum Gasteiger partial charge on any atom is -0.357 e. The molecule has 0 radical (unpaired) electrons. The van der Waals surface area contributed by atoms with Crippen LogP contribution >= 0.6 is 11.6 Å². The molecule has 88 valence electrons. The van der Waals surface area contributed by atoms with E-state index >= 15 is 0 Å². The van der Waals surface area contributed by atoms with E-state index in [0.29, 0.717) is 11.0 Å². The molecule has 1 aromatic heterocycles. The minimum absolute atomic E-state index is 0.624. The molecule has 1 aliphatic rings. The largest absolute Gasteiger partial charge is 0.357 e. The maximum Gasteiger partial charge on any atom is 0.224 e. The van der Waals surface area contributed by atoms with Gasteiger partial charge in [0.1, 0.15) is 5.02 Å². The number of hydrogen-bond acceptors (Lipinski definition) is 4. The minimum atomic E-state index is 0.624. The predicted octanol–water partition coefficient (Wildman–Crippen LogP) is 2.41. The molecule has 1 saturated heterocycles. The van der Waals surface area contributed by atoms with Crippen LogP contribution < -0.4 is 10.2 Å². The quantitative estimate of drug-likeness (QED) is 0.881. The van der Waals surface area contributed by atoms with Crippen molar-refractivity contribution < 1.29 is 0 Å². The summed E-state index contributed by atoms with van der Waals surface area (Å²) < 4.78 is 0. The highest BCUT2D eigenvalue weighted by Gasteiger charge is 2.24. The Hall–Kier alpha value is -1.03. The Kier molecular flexibility index (Phi) is 3.49. The molecular formula is C11H17ClN4. The van der Waals surface area contributed by atoms with Crippen molar-refractivity contribution in [3.8, 4) is 0 Å². The molecule has 0 saturated carbocycles. The van der Waals surface area contributed by atoms with Gasteiger partial charge in [0, 0.05) is 20.1 Å². The second kappa shape index (κ2) is 4.87. The molecular weight excluding hydrogens is 224 g/mol. The van der Waals surface area contributed by atoms with Crippen LogP contribution in [0.3, 0.4) is 0 Å². The van der Waals surface area contributed by atoms with E-state index in [-0.39, 0.29) is 0 Å². The Balaban J connectivity index is 2.20. The van der Waals surface area contributed by atoms with Gasteiger partial charge < -0.3 is 10.2 Å². The number of aromatic nitrogens is 2. The first-order valence-corrected chi connectivity index (χ1v) is 6.07. The molecule has 1 unspecified atom stereocenters. The van der Waals surface area contributed by atoms with Crippen molar-refractivity contribution in [1.82, 2.24) is 9.97 Å². The molecule has 0 amide bonds. The van der Waals surface area contributed by atoms with Crippen molar-refractivity contribution in [3.05, 3.63) is 11.2 Å². The summed E-state index contributed by atoms with van der Waals surface area (Å²) in [5, 5.41) is 3.57. The molecule has 0 aromatic carbocycles. The number of nitrogens with zero attached hydrogens (tertiary/aromatic N) is 3. The van der Waals surface area contributed by atoms with Crippen molar-refractivity contribution in [2.75, 3.05) is 30.4 Å². The zero-order valence-electron chi connectivity index (χ0n) is 9.70. The van der Waals surface area contributed by atoms with Crippen molar-refractivity contribution in [1.29, 1.82) is 0 Å². The van der Waals surface area contributed by atoms with Gasteiger partial charge in [-0.3, -0.25) is 0 Å². The van der Waals surface area contributed by atoms with Gasteiger partial charge in [-0.2, -0.15) is 4.98 Å². The highest BCUT2D eigenvalue weighted by atomic mass is 35.5. The number of halogens is 1. The maximum atomic E-state index is 6.13. The zero-order valence-corrected chi connectivity index (χ0v) is 10.5. The summed E-state index contributed by atoms with van der Waals surface area (Å²) >= 11 is 6.13. The lowest BCUT2D eigenvalue weighted by molar-refractivity contribution is 0.568. The molecule has 1 fully saturated rings. The third kappa shape index (κ3) is 2.21. The summed E-state index contributed by atoms with van der Waals surface area (Å²) in [6, 6.07) is 0. The van der Waals surface area contributed by atoms with Crippen LogP contribution in [0.1, 0.15) is 19.8 Å². The Morgan fingerprint density at radius 2 is 2.44 bits per heavy atom. The summed E-state index contributed by atoms with van der Waals surface area (Å²) in [7, 11) is 1.81. The highest BCUT2D eigenvalue weighted by molar-refractivity contribution is 6.32. The average Bonchev–Trinajstić information content (AvgIpc) is 2.78. The fourth-order valence-electron chi connectivity index (χ4n) is 2.06. The Morgan fingerprint density at radius 1 is 1.62 bits per heavy atom. The monoisotopic (exact) mass is 240 g/mol. The molecule has 1 atom stereocenters. The van der Waals surface area contributed by atoms with Gasteiger partial charge in [0.2, 0.25) is 5.95 Å². The van der Waals surface area contributed by atoms with E-state index in [1.165, 1.54) is 12.8 Å². The van der Waals surface area contributed by atoms with Crippen LogP contribution in [0.4, 0.5) is 11.8 Å². The van der Waals surface area contributed by atoms with Crippen molar-refractivity contribution in [2.24, 2.45) is 5.92 Å². The lowest BCUT2D eigenvalue weighted by atomic mass is 10.1. The molecule has 1 aliphatic heterocycles. The molecule has 2 heterocycles. The van der Waals surface area contributed by atoms with Crippen LogP contribution in [0.15, 0.2) is 6.20 Å². The maximum absolute atomic E-state index is 6.13. The van der Waals surface area contributed by atoms with Crippen LogP contribution in [0.5, 0.6) is 0 Å². The molecule has 0 aliphatic carbocycles. The van der Waals surface area contributed by atoms with Crippen LogP contribution in [0.25, 0.3) is 0 Å². The first-order chi connectivity index (χ1) is 7.74. The molecule has 0 spiro atoms. The van der Waals surface area contributed by atoms with E-state index in [1.807, 2.05) is 7.05 Å². The van der Waals surface area contributed by atoms with Gasteiger partial charge in [0.15, 0.2) is 5.82 Å². The summed E-state index contributed by atoms with van der Waals surface area (Å²) in [5.74, 6) is 2.25. The molecule has 1 N–H and O–H groups in total. The van der Waals surface area contributed by atoms with Crippen LogP contribution in [-0.4, -0.2) is 30.1 Å². The normalized spacial score (nSPS) is 20.2.